The van der Waals surface area contributed by atoms with Crippen LogP contribution in [0.1, 0.15) is 52.1 Å². The number of likely N-dealkylation sites (tertiary alicyclic amines) is 1. The molecule has 4 nitrogen and oxygen atoms in total. The highest BCUT2D eigenvalue weighted by Gasteiger charge is 2.28. The quantitative estimate of drug-likeness (QED) is 0.836. The molecule has 1 unspecified atom stereocenters. The molecule has 1 saturated heterocycles. The molecule has 1 amide bonds. The third-order valence-corrected chi connectivity index (χ3v) is 4.40. The third kappa shape index (κ3) is 5.81. The largest absolute Gasteiger partial charge is 0.444 e. The minimum Gasteiger partial charge on any atom is -0.444 e. The zero-order valence-corrected chi connectivity index (χ0v) is 16.0. The van der Waals surface area contributed by atoms with E-state index in [-0.39, 0.29) is 12.1 Å². The summed E-state index contributed by atoms with van der Waals surface area (Å²) in [6.45, 7) is 9.35. The SMILES string of the molecule is C[C@@H](NC1CCCN(C(=O)OC(C)(C)C)C1)c1cccc(Br)c1. The molecule has 2 atom stereocenters. The second-order valence-corrected chi connectivity index (χ2v) is 8.12. The maximum atomic E-state index is 12.2. The summed E-state index contributed by atoms with van der Waals surface area (Å²) in [6.07, 6.45) is 1.87. The molecule has 2 rings (SSSR count). The van der Waals surface area contributed by atoms with Gasteiger partial charge in [0.05, 0.1) is 0 Å². The molecule has 1 aromatic rings. The smallest absolute Gasteiger partial charge is 0.410 e. The fourth-order valence-corrected chi connectivity index (χ4v) is 3.25. The van der Waals surface area contributed by atoms with Gasteiger partial charge in [-0.1, -0.05) is 28.1 Å². The van der Waals surface area contributed by atoms with Gasteiger partial charge < -0.3 is 15.0 Å². The number of ether oxygens (including phenoxy) is 1. The van der Waals surface area contributed by atoms with E-state index in [1.807, 2.05) is 37.8 Å². The molecule has 5 heteroatoms. The topological polar surface area (TPSA) is 41.6 Å². The summed E-state index contributed by atoms with van der Waals surface area (Å²) in [5, 5.41) is 3.64. The van der Waals surface area contributed by atoms with Crippen molar-refractivity contribution in [2.24, 2.45) is 0 Å². The monoisotopic (exact) mass is 382 g/mol. The van der Waals surface area contributed by atoms with Crippen LogP contribution in [-0.4, -0.2) is 35.7 Å². The standard InChI is InChI=1S/C18H27BrN2O2/c1-13(14-7-5-8-15(19)11-14)20-16-9-6-10-21(12-16)17(22)23-18(2,3)4/h5,7-8,11,13,16,20H,6,9-10,12H2,1-4H3/t13-,16?/m1/s1. The van der Waals surface area contributed by atoms with E-state index < -0.39 is 5.60 Å². The van der Waals surface area contributed by atoms with Crippen molar-refractivity contribution in [1.29, 1.82) is 0 Å². The second kappa shape index (κ2) is 7.67. The molecule has 128 valence electrons. The summed E-state index contributed by atoms with van der Waals surface area (Å²) in [6, 6.07) is 8.87. The highest BCUT2D eigenvalue weighted by atomic mass is 79.9. The van der Waals surface area contributed by atoms with E-state index in [2.05, 4.69) is 40.3 Å². The zero-order chi connectivity index (χ0) is 17.0. The molecule has 0 aromatic heterocycles. The molecule has 1 N–H and O–H groups in total. The Balaban J connectivity index is 1.92. The molecule has 1 aliphatic heterocycles. The molecule has 1 aliphatic rings. The van der Waals surface area contributed by atoms with Gasteiger partial charge >= 0.3 is 6.09 Å². The number of nitrogens with one attached hydrogen (secondary N) is 1. The van der Waals surface area contributed by atoms with Gasteiger partial charge in [0.1, 0.15) is 5.60 Å². The number of piperidine rings is 1. The Bertz CT molecular complexity index is 542. The summed E-state index contributed by atoms with van der Waals surface area (Å²) in [4.78, 5) is 14.0. The Kier molecular flexibility index (Phi) is 6.09. The minimum atomic E-state index is -0.443. The van der Waals surface area contributed by atoms with E-state index in [1.54, 1.807) is 0 Å². The average molecular weight is 383 g/mol. The number of carbonyl (C=O) groups excluding carboxylic acids is 1. The van der Waals surface area contributed by atoms with E-state index in [0.717, 1.165) is 23.9 Å². The molecule has 0 aliphatic carbocycles. The van der Waals surface area contributed by atoms with Crippen LogP contribution in [0.25, 0.3) is 0 Å². The van der Waals surface area contributed by atoms with Crippen molar-refractivity contribution < 1.29 is 9.53 Å². The van der Waals surface area contributed by atoms with Gasteiger partial charge in [-0.05, 0) is 58.2 Å². The fourth-order valence-electron chi connectivity index (χ4n) is 2.83. The molecule has 1 heterocycles. The summed E-state index contributed by atoms with van der Waals surface area (Å²) < 4.78 is 6.57. The molecule has 1 fully saturated rings. The lowest BCUT2D eigenvalue weighted by atomic mass is 10.0. The Hall–Kier alpha value is -1.07. The highest BCUT2D eigenvalue weighted by Crippen LogP contribution is 2.21. The first-order valence-electron chi connectivity index (χ1n) is 8.24. The molecule has 0 bridgehead atoms. The second-order valence-electron chi connectivity index (χ2n) is 7.21. The summed E-state index contributed by atoms with van der Waals surface area (Å²) in [7, 11) is 0. The summed E-state index contributed by atoms with van der Waals surface area (Å²) >= 11 is 3.51. The van der Waals surface area contributed by atoms with E-state index in [0.29, 0.717) is 12.6 Å². The van der Waals surface area contributed by atoms with Crippen molar-refractivity contribution >= 4 is 22.0 Å². The lowest BCUT2D eigenvalue weighted by Crippen LogP contribution is -2.49. The van der Waals surface area contributed by atoms with Crippen molar-refractivity contribution in [3.05, 3.63) is 34.3 Å². The number of benzene rings is 1. The average Bonchev–Trinajstić information content (AvgIpc) is 2.45. The molecule has 23 heavy (non-hydrogen) atoms. The summed E-state index contributed by atoms with van der Waals surface area (Å²) in [5.41, 5.74) is 0.801. The zero-order valence-electron chi connectivity index (χ0n) is 14.4. The van der Waals surface area contributed by atoms with Gasteiger partial charge in [0.2, 0.25) is 0 Å². The van der Waals surface area contributed by atoms with Crippen molar-refractivity contribution in [1.82, 2.24) is 10.2 Å². The van der Waals surface area contributed by atoms with Gasteiger partial charge in [-0.3, -0.25) is 0 Å². The van der Waals surface area contributed by atoms with Crippen LogP contribution in [-0.2, 0) is 4.74 Å². The van der Waals surface area contributed by atoms with Crippen LogP contribution < -0.4 is 5.32 Å². The van der Waals surface area contributed by atoms with Crippen molar-refractivity contribution in [3.63, 3.8) is 0 Å². The lowest BCUT2D eigenvalue weighted by molar-refractivity contribution is 0.0184. The van der Waals surface area contributed by atoms with Crippen LogP contribution in [0, 0.1) is 0 Å². The van der Waals surface area contributed by atoms with Gasteiger partial charge in [-0.15, -0.1) is 0 Å². The van der Waals surface area contributed by atoms with Crippen LogP contribution in [0.5, 0.6) is 0 Å². The van der Waals surface area contributed by atoms with Gasteiger partial charge in [-0.25, -0.2) is 4.79 Å². The number of carbonyl (C=O) groups is 1. The van der Waals surface area contributed by atoms with Gasteiger partial charge in [-0.2, -0.15) is 0 Å². The first kappa shape index (κ1) is 18.3. The Labute approximate surface area is 147 Å². The molecule has 0 saturated carbocycles. The molecule has 0 radical (unpaired) electrons. The number of nitrogens with zero attached hydrogens (tertiary/aromatic N) is 1. The van der Waals surface area contributed by atoms with Gasteiger partial charge in [0, 0.05) is 29.6 Å². The van der Waals surface area contributed by atoms with Gasteiger partial charge in [0.15, 0.2) is 0 Å². The van der Waals surface area contributed by atoms with Crippen molar-refractivity contribution in [2.75, 3.05) is 13.1 Å². The Morgan fingerprint density at radius 2 is 2.17 bits per heavy atom. The van der Waals surface area contributed by atoms with Crippen LogP contribution in [0.4, 0.5) is 4.79 Å². The predicted molar refractivity (Wildman–Crippen MR) is 96.5 cm³/mol. The summed E-state index contributed by atoms with van der Waals surface area (Å²) in [5.74, 6) is 0. The van der Waals surface area contributed by atoms with Crippen molar-refractivity contribution in [2.45, 2.75) is 58.2 Å². The number of halogens is 1. The fraction of sp³-hybridized carbons (Fsp3) is 0.611. The minimum absolute atomic E-state index is 0.209. The maximum absolute atomic E-state index is 12.2. The number of hydrogen-bond donors (Lipinski definition) is 1. The van der Waals surface area contributed by atoms with E-state index in [4.69, 9.17) is 4.74 Å². The Morgan fingerprint density at radius 1 is 1.43 bits per heavy atom. The Morgan fingerprint density at radius 3 is 2.83 bits per heavy atom. The number of rotatable bonds is 3. The predicted octanol–water partition coefficient (Wildman–Crippen LogP) is 4.50. The van der Waals surface area contributed by atoms with Crippen LogP contribution in [0.15, 0.2) is 28.7 Å². The van der Waals surface area contributed by atoms with E-state index in [1.165, 1.54) is 5.56 Å². The normalized spacial score (nSPS) is 20.2. The first-order chi connectivity index (χ1) is 10.7. The molecule has 0 spiro atoms. The first-order valence-corrected chi connectivity index (χ1v) is 9.03. The van der Waals surface area contributed by atoms with Gasteiger partial charge in [0.25, 0.3) is 0 Å². The molecular weight excluding hydrogens is 356 g/mol. The molecular formula is C18H27BrN2O2. The van der Waals surface area contributed by atoms with E-state index in [9.17, 15) is 4.79 Å². The number of amides is 1. The third-order valence-electron chi connectivity index (χ3n) is 3.91. The lowest BCUT2D eigenvalue weighted by Gasteiger charge is -2.35. The number of hydrogen-bond acceptors (Lipinski definition) is 3. The van der Waals surface area contributed by atoms with Crippen LogP contribution in [0.2, 0.25) is 0 Å². The molecule has 1 aromatic carbocycles. The highest BCUT2D eigenvalue weighted by molar-refractivity contribution is 9.10. The van der Waals surface area contributed by atoms with Crippen molar-refractivity contribution in [3.8, 4) is 0 Å². The van der Waals surface area contributed by atoms with Crippen LogP contribution >= 0.6 is 15.9 Å². The van der Waals surface area contributed by atoms with E-state index >= 15 is 0 Å². The van der Waals surface area contributed by atoms with Crippen LogP contribution in [0.3, 0.4) is 0 Å². The maximum Gasteiger partial charge on any atom is 0.410 e.